The molecule has 2 aromatic heterocycles. The van der Waals surface area contributed by atoms with E-state index in [1.807, 2.05) is 0 Å². The van der Waals surface area contributed by atoms with Crippen LogP contribution in [-0.4, -0.2) is 82.0 Å². The molecule has 0 unspecified atom stereocenters. The van der Waals surface area contributed by atoms with Gasteiger partial charge in [-0.1, -0.05) is 0 Å². The minimum atomic E-state index is -0.380. The second-order valence-electron chi connectivity index (χ2n) is 8.85. The third-order valence-corrected chi connectivity index (χ3v) is 6.28. The van der Waals surface area contributed by atoms with Crippen LogP contribution in [0.25, 0.3) is 22.8 Å². The standard InChI is InChI=1S/C27H27F2N7O3/c1-38-14-15-39-24-16-23(30-18-31-24)34-10-12-35(13-11-34)25(37)17-36-27(20-4-8-22(29)9-5-20)32-26(33-36)19-2-6-21(28)7-3-19/h2-9,16,18H,10-15,17H2,1H3. The molecule has 10 nitrogen and oxygen atoms in total. The third-order valence-electron chi connectivity index (χ3n) is 6.28. The van der Waals surface area contributed by atoms with Gasteiger partial charge in [0.05, 0.1) is 6.61 Å². The summed E-state index contributed by atoms with van der Waals surface area (Å²) in [5, 5.41) is 4.54. The molecular formula is C27H27F2N7O3. The molecule has 1 aliphatic heterocycles. The van der Waals surface area contributed by atoms with E-state index in [0.29, 0.717) is 68.0 Å². The molecule has 0 bridgehead atoms. The van der Waals surface area contributed by atoms with Gasteiger partial charge in [0.25, 0.3) is 0 Å². The van der Waals surface area contributed by atoms with E-state index < -0.39 is 0 Å². The van der Waals surface area contributed by atoms with Crippen molar-refractivity contribution in [2.75, 3.05) is 51.4 Å². The lowest BCUT2D eigenvalue weighted by atomic mass is 10.2. The molecule has 0 atom stereocenters. The molecule has 0 N–H and O–H groups in total. The number of halogens is 2. The highest BCUT2D eigenvalue weighted by Gasteiger charge is 2.24. The monoisotopic (exact) mass is 535 g/mol. The highest BCUT2D eigenvalue weighted by molar-refractivity contribution is 5.77. The number of rotatable bonds is 9. The summed E-state index contributed by atoms with van der Waals surface area (Å²) in [6.45, 7) is 2.96. The van der Waals surface area contributed by atoms with Gasteiger partial charge in [0, 0.05) is 50.5 Å². The van der Waals surface area contributed by atoms with E-state index in [4.69, 9.17) is 9.47 Å². The number of aromatic nitrogens is 5. The molecule has 0 saturated carbocycles. The summed E-state index contributed by atoms with van der Waals surface area (Å²) in [6.07, 6.45) is 1.45. The number of hydrogen-bond donors (Lipinski definition) is 0. The van der Waals surface area contributed by atoms with Gasteiger partial charge in [0.15, 0.2) is 11.6 Å². The van der Waals surface area contributed by atoms with Crippen LogP contribution in [0.2, 0.25) is 0 Å². The van der Waals surface area contributed by atoms with Crippen molar-refractivity contribution >= 4 is 11.7 Å². The molecule has 202 valence electrons. The summed E-state index contributed by atoms with van der Waals surface area (Å²) < 4.78 is 39.1. The van der Waals surface area contributed by atoms with Crippen molar-refractivity contribution in [3.05, 3.63) is 72.6 Å². The Labute approximate surface area is 223 Å². The van der Waals surface area contributed by atoms with Crippen molar-refractivity contribution < 1.29 is 23.0 Å². The molecule has 0 spiro atoms. The van der Waals surface area contributed by atoms with Gasteiger partial charge in [-0.2, -0.15) is 0 Å². The molecule has 1 saturated heterocycles. The molecule has 1 aliphatic rings. The van der Waals surface area contributed by atoms with Crippen LogP contribution in [0.4, 0.5) is 14.6 Å². The summed E-state index contributed by atoms with van der Waals surface area (Å²) in [6, 6.07) is 13.4. The van der Waals surface area contributed by atoms with Gasteiger partial charge in [-0.25, -0.2) is 28.4 Å². The molecule has 1 amide bonds. The number of nitrogens with zero attached hydrogens (tertiary/aromatic N) is 7. The molecule has 5 rings (SSSR count). The van der Waals surface area contributed by atoms with Crippen LogP contribution in [-0.2, 0) is 16.1 Å². The molecule has 39 heavy (non-hydrogen) atoms. The van der Waals surface area contributed by atoms with E-state index in [2.05, 4.69) is 25.0 Å². The number of piperazine rings is 1. The maximum absolute atomic E-state index is 13.5. The van der Waals surface area contributed by atoms with Crippen LogP contribution >= 0.6 is 0 Å². The molecule has 4 aromatic rings. The Kier molecular flexibility index (Phi) is 8.02. The number of methoxy groups -OCH3 is 1. The average Bonchev–Trinajstić information content (AvgIpc) is 3.38. The molecule has 3 heterocycles. The van der Waals surface area contributed by atoms with Gasteiger partial charge in [0.1, 0.15) is 36.9 Å². The molecule has 0 aliphatic carbocycles. The fourth-order valence-electron chi connectivity index (χ4n) is 4.21. The minimum absolute atomic E-state index is 0.0497. The van der Waals surface area contributed by atoms with E-state index in [1.54, 1.807) is 42.3 Å². The van der Waals surface area contributed by atoms with E-state index in [-0.39, 0.29) is 24.1 Å². The highest BCUT2D eigenvalue weighted by atomic mass is 19.1. The van der Waals surface area contributed by atoms with Crippen LogP contribution < -0.4 is 9.64 Å². The van der Waals surface area contributed by atoms with Gasteiger partial charge < -0.3 is 19.3 Å². The zero-order chi connectivity index (χ0) is 27.2. The van der Waals surface area contributed by atoms with Crippen molar-refractivity contribution in [2.45, 2.75) is 6.54 Å². The quantitative estimate of drug-likeness (QED) is 0.302. The molecule has 1 fully saturated rings. The first kappa shape index (κ1) is 26.2. The predicted molar refractivity (Wildman–Crippen MR) is 139 cm³/mol. The van der Waals surface area contributed by atoms with Crippen LogP contribution in [0, 0.1) is 11.6 Å². The lowest BCUT2D eigenvalue weighted by molar-refractivity contribution is -0.132. The van der Waals surface area contributed by atoms with E-state index in [0.717, 1.165) is 5.82 Å². The number of benzene rings is 2. The van der Waals surface area contributed by atoms with Crippen LogP contribution in [0.5, 0.6) is 5.88 Å². The average molecular weight is 536 g/mol. The number of carbonyl (C=O) groups is 1. The summed E-state index contributed by atoms with van der Waals surface area (Å²) in [4.78, 5) is 30.2. The fourth-order valence-corrected chi connectivity index (χ4v) is 4.21. The lowest BCUT2D eigenvalue weighted by Crippen LogP contribution is -2.50. The van der Waals surface area contributed by atoms with Gasteiger partial charge in [0.2, 0.25) is 11.8 Å². The van der Waals surface area contributed by atoms with Crippen molar-refractivity contribution in [3.8, 4) is 28.7 Å². The maximum Gasteiger partial charge on any atom is 0.244 e. The van der Waals surface area contributed by atoms with Crippen LogP contribution in [0.3, 0.4) is 0 Å². The van der Waals surface area contributed by atoms with Crippen LogP contribution in [0.1, 0.15) is 0 Å². The van der Waals surface area contributed by atoms with Crippen molar-refractivity contribution in [1.29, 1.82) is 0 Å². The predicted octanol–water partition coefficient (Wildman–Crippen LogP) is 3.05. The minimum Gasteiger partial charge on any atom is -0.475 e. The fraction of sp³-hybridized carbons (Fsp3) is 0.296. The second-order valence-corrected chi connectivity index (χ2v) is 8.85. The van der Waals surface area contributed by atoms with Gasteiger partial charge in [-0.3, -0.25) is 4.79 Å². The Morgan fingerprint density at radius 2 is 1.56 bits per heavy atom. The van der Waals surface area contributed by atoms with Crippen molar-refractivity contribution in [3.63, 3.8) is 0 Å². The SMILES string of the molecule is COCCOc1cc(N2CCN(C(=O)Cn3nc(-c4ccc(F)cc4)nc3-c3ccc(F)cc3)CC2)ncn1. The summed E-state index contributed by atoms with van der Waals surface area (Å²) in [5.41, 5.74) is 1.22. The Hall–Kier alpha value is -4.45. The highest BCUT2D eigenvalue weighted by Crippen LogP contribution is 2.24. The zero-order valence-corrected chi connectivity index (χ0v) is 21.3. The Morgan fingerprint density at radius 1 is 0.897 bits per heavy atom. The number of amides is 1. The molecular weight excluding hydrogens is 508 g/mol. The Morgan fingerprint density at radius 3 is 2.23 bits per heavy atom. The zero-order valence-electron chi connectivity index (χ0n) is 21.3. The van der Waals surface area contributed by atoms with Crippen molar-refractivity contribution in [1.82, 2.24) is 29.6 Å². The van der Waals surface area contributed by atoms with Crippen molar-refractivity contribution in [2.24, 2.45) is 0 Å². The second kappa shape index (κ2) is 11.9. The molecule has 0 radical (unpaired) electrons. The smallest absolute Gasteiger partial charge is 0.244 e. The molecule has 2 aromatic carbocycles. The topological polar surface area (TPSA) is 98.5 Å². The van der Waals surface area contributed by atoms with Gasteiger partial charge in [-0.05, 0) is 48.5 Å². The first-order chi connectivity index (χ1) is 19.0. The largest absolute Gasteiger partial charge is 0.475 e. The summed E-state index contributed by atoms with van der Waals surface area (Å²) in [7, 11) is 1.60. The Bertz CT molecular complexity index is 1410. The van der Waals surface area contributed by atoms with E-state index in [9.17, 15) is 13.6 Å². The van der Waals surface area contributed by atoms with Gasteiger partial charge >= 0.3 is 0 Å². The van der Waals surface area contributed by atoms with Crippen LogP contribution in [0.15, 0.2) is 60.9 Å². The normalized spacial score (nSPS) is 13.5. The number of hydrogen-bond acceptors (Lipinski definition) is 8. The first-order valence-electron chi connectivity index (χ1n) is 12.4. The lowest BCUT2D eigenvalue weighted by Gasteiger charge is -2.35. The number of ether oxygens (including phenoxy) is 2. The Balaban J connectivity index is 1.28. The van der Waals surface area contributed by atoms with E-state index >= 15 is 0 Å². The number of carbonyl (C=O) groups excluding carboxylic acids is 1. The number of anilines is 1. The third kappa shape index (κ3) is 6.34. The summed E-state index contributed by atoms with van der Waals surface area (Å²) >= 11 is 0. The molecule has 12 heteroatoms. The van der Waals surface area contributed by atoms with Gasteiger partial charge in [-0.15, -0.1) is 5.10 Å². The first-order valence-corrected chi connectivity index (χ1v) is 12.4. The van der Waals surface area contributed by atoms with E-state index in [1.165, 1.54) is 35.3 Å². The maximum atomic E-state index is 13.5. The summed E-state index contributed by atoms with van der Waals surface area (Å²) in [5.74, 6) is 1.08.